The van der Waals surface area contributed by atoms with E-state index in [0.717, 1.165) is 5.56 Å². The molecule has 134 valence electrons. The number of amides is 1. The van der Waals surface area contributed by atoms with Crippen LogP contribution in [0, 0.1) is 6.92 Å². The Bertz CT molecular complexity index is 913. The van der Waals surface area contributed by atoms with Crippen molar-refractivity contribution in [2.75, 3.05) is 12.4 Å². The Morgan fingerprint density at radius 2 is 2.15 bits per heavy atom. The van der Waals surface area contributed by atoms with Gasteiger partial charge >= 0.3 is 0 Å². The first-order valence-electron chi connectivity index (χ1n) is 7.80. The smallest absolute Gasteiger partial charge is 0.270 e. The van der Waals surface area contributed by atoms with Crippen molar-refractivity contribution in [3.05, 3.63) is 65.0 Å². The summed E-state index contributed by atoms with van der Waals surface area (Å²) in [7, 11) is 1.56. The summed E-state index contributed by atoms with van der Waals surface area (Å²) in [6.45, 7) is 2.17. The Morgan fingerprint density at radius 3 is 2.88 bits per heavy atom. The third-order valence-electron chi connectivity index (χ3n) is 3.65. The highest BCUT2D eigenvalue weighted by Gasteiger charge is 2.12. The van der Waals surface area contributed by atoms with Crippen LogP contribution in [-0.2, 0) is 6.54 Å². The monoisotopic (exact) mass is 372 g/mol. The molecule has 3 aromatic rings. The summed E-state index contributed by atoms with van der Waals surface area (Å²) >= 11 is 6.12. The fourth-order valence-corrected chi connectivity index (χ4v) is 2.44. The second-order valence-electron chi connectivity index (χ2n) is 5.48. The normalized spacial score (nSPS) is 10.4. The van der Waals surface area contributed by atoms with E-state index in [-0.39, 0.29) is 18.1 Å². The van der Waals surface area contributed by atoms with Crippen LogP contribution in [0.1, 0.15) is 21.8 Å². The Labute approximate surface area is 155 Å². The predicted molar refractivity (Wildman–Crippen MR) is 97.9 cm³/mol. The van der Waals surface area contributed by atoms with E-state index in [4.69, 9.17) is 20.8 Å². The van der Waals surface area contributed by atoms with Crippen molar-refractivity contribution < 1.29 is 13.9 Å². The van der Waals surface area contributed by atoms with Gasteiger partial charge in [0.1, 0.15) is 29.3 Å². The number of methoxy groups -OCH3 is 1. The maximum absolute atomic E-state index is 12.3. The van der Waals surface area contributed by atoms with E-state index in [1.54, 1.807) is 37.6 Å². The Balaban J connectivity index is 1.75. The summed E-state index contributed by atoms with van der Waals surface area (Å²) < 4.78 is 10.5. The fraction of sp³-hybridized carbons (Fsp3) is 0.167. The highest BCUT2D eigenvalue weighted by Crippen LogP contribution is 2.32. The minimum Gasteiger partial charge on any atom is -0.495 e. The lowest BCUT2D eigenvalue weighted by Gasteiger charge is -2.13. The van der Waals surface area contributed by atoms with Crippen LogP contribution < -0.4 is 15.4 Å². The number of carbonyl (C=O) groups excluding carboxylic acids is 1. The molecule has 0 bridgehead atoms. The molecule has 0 aliphatic carbocycles. The van der Waals surface area contributed by atoms with Gasteiger partial charge in [-0.15, -0.1) is 0 Å². The summed E-state index contributed by atoms with van der Waals surface area (Å²) in [6.07, 6.45) is 2.87. The molecule has 1 amide bonds. The van der Waals surface area contributed by atoms with Crippen molar-refractivity contribution in [1.82, 2.24) is 15.3 Å². The van der Waals surface area contributed by atoms with Gasteiger partial charge < -0.3 is 19.8 Å². The standard InChI is InChI=1S/C18H17ClN4O3/c1-11-6-14(16(25-2)7-13(11)19)23-17-8-15(21-10-22-17)18(24)20-9-12-4-3-5-26-12/h3-8,10H,9H2,1-2H3,(H,20,24)(H,21,22,23). The van der Waals surface area contributed by atoms with Crippen molar-refractivity contribution in [3.8, 4) is 5.75 Å². The second kappa shape index (κ2) is 7.88. The Hall–Kier alpha value is -3.06. The van der Waals surface area contributed by atoms with Gasteiger partial charge in [-0.1, -0.05) is 11.6 Å². The molecule has 3 rings (SSSR count). The number of aryl methyl sites for hydroxylation is 1. The average Bonchev–Trinajstić information content (AvgIpc) is 3.16. The van der Waals surface area contributed by atoms with Crippen molar-refractivity contribution >= 4 is 29.0 Å². The molecule has 0 atom stereocenters. The zero-order valence-corrected chi connectivity index (χ0v) is 15.0. The number of benzene rings is 1. The van der Waals surface area contributed by atoms with E-state index in [1.807, 2.05) is 13.0 Å². The molecule has 0 aliphatic heterocycles. The highest BCUT2D eigenvalue weighted by atomic mass is 35.5. The van der Waals surface area contributed by atoms with Crippen LogP contribution in [0.2, 0.25) is 5.02 Å². The highest BCUT2D eigenvalue weighted by molar-refractivity contribution is 6.31. The SMILES string of the molecule is COc1cc(Cl)c(C)cc1Nc1cc(C(=O)NCc2ccco2)ncn1. The third kappa shape index (κ3) is 4.12. The number of rotatable bonds is 6. The van der Waals surface area contributed by atoms with Gasteiger partial charge in [-0.05, 0) is 30.7 Å². The zero-order valence-electron chi connectivity index (χ0n) is 14.2. The predicted octanol–water partition coefficient (Wildman–Crippen LogP) is 3.71. The molecule has 0 fully saturated rings. The summed E-state index contributed by atoms with van der Waals surface area (Å²) in [6, 6.07) is 8.66. The summed E-state index contributed by atoms with van der Waals surface area (Å²) in [5.41, 5.74) is 1.81. The summed E-state index contributed by atoms with van der Waals surface area (Å²) in [4.78, 5) is 20.4. The molecule has 0 spiro atoms. The van der Waals surface area contributed by atoms with Gasteiger partial charge in [0.2, 0.25) is 0 Å². The van der Waals surface area contributed by atoms with Crippen LogP contribution in [0.3, 0.4) is 0 Å². The van der Waals surface area contributed by atoms with Crippen LogP contribution in [-0.4, -0.2) is 23.0 Å². The van der Waals surface area contributed by atoms with E-state index < -0.39 is 0 Å². The number of aromatic nitrogens is 2. The van der Waals surface area contributed by atoms with E-state index in [1.165, 1.54) is 6.33 Å². The number of hydrogen-bond acceptors (Lipinski definition) is 6. The molecule has 26 heavy (non-hydrogen) atoms. The fourth-order valence-electron chi connectivity index (χ4n) is 2.29. The lowest BCUT2D eigenvalue weighted by molar-refractivity contribution is 0.0943. The molecule has 0 unspecified atom stereocenters. The molecule has 2 heterocycles. The van der Waals surface area contributed by atoms with E-state index in [0.29, 0.717) is 28.0 Å². The summed E-state index contributed by atoms with van der Waals surface area (Å²) in [5, 5.41) is 6.47. The first kappa shape index (κ1) is 17.8. The summed E-state index contributed by atoms with van der Waals surface area (Å²) in [5.74, 6) is 1.37. The van der Waals surface area contributed by atoms with Gasteiger partial charge in [0, 0.05) is 17.2 Å². The van der Waals surface area contributed by atoms with Crippen LogP contribution in [0.4, 0.5) is 11.5 Å². The molecule has 2 N–H and O–H groups in total. The number of halogens is 1. The van der Waals surface area contributed by atoms with E-state index in [2.05, 4.69) is 20.6 Å². The minimum absolute atomic E-state index is 0.235. The lowest BCUT2D eigenvalue weighted by atomic mass is 10.2. The average molecular weight is 373 g/mol. The Morgan fingerprint density at radius 1 is 1.31 bits per heavy atom. The van der Waals surface area contributed by atoms with Crippen molar-refractivity contribution in [3.63, 3.8) is 0 Å². The zero-order chi connectivity index (χ0) is 18.5. The number of ether oxygens (including phenoxy) is 1. The number of carbonyl (C=O) groups is 1. The van der Waals surface area contributed by atoms with Crippen LogP contribution >= 0.6 is 11.6 Å². The number of nitrogens with zero attached hydrogens (tertiary/aromatic N) is 2. The number of hydrogen-bond donors (Lipinski definition) is 2. The third-order valence-corrected chi connectivity index (χ3v) is 4.05. The van der Waals surface area contributed by atoms with Gasteiger partial charge in [0.05, 0.1) is 25.6 Å². The molecule has 2 aromatic heterocycles. The van der Waals surface area contributed by atoms with Crippen molar-refractivity contribution in [1.29, 1.82) is 0 Å². The van der Waals surface area contributed by atoms with Gasteiger partial charge in [-0.2, -0.15) is 0 Å². The van der Waals surface area contributed by atoms with E-state index >= 15 is 0 Å². The van der Waals surface area contributed by atoms with Gasteiger partial charge in [0.25, 0.3) is 5.91 Å². The number of furan rings is 1. The van der Waals surface area contributed by atoms with Crippen molar-refractivity contribution in [2.45, 2.75) is 13.5 Å². The van der Waals surface area contributed by atoms with Gasteiger partial charge in [0.15, 0.2) is 0 Å². The maximum Gasteiger partial charge on any atom is 0.270 e. The molecular formula is C18H17ClN4O3. The van der Waals surface area contributed by atoms with Gasteiger partial charge in [-0.25, -0.2) is 9.97 Å². The minimum atomic E-state index is -0.328. The number of nitrogens with one attached hydrogen (secondary N) is 2. The molecule has 0 saturated carbocycles. The topological polar surface area (TPSA) is 89.3 Å². The molecule has 0 aliphatic rings. The molecule has 7 nitrogen and oxygen atoms in total. The first-order chi connectivity index (χ1) is 12.6. The van der Waals surface area contributed by atoms with Gasteiger partial charge in [-0.3, -0.25) is 4.79 Å². The molecule has 0 radical (unpaired) electrons. The lowest BCUT2D eigenvalue weighted by Crippen LogP contribution is -2.23. The van der Waals surface area contributed by atoms with E-state index in [9.17, 15) is 4.79 Å². The quantitative estimate of drug-likeness (QED) is 0.685. The largest absolute Gasteiger partial charge is 0.495 e. The molecular weight excluding hydrogens is 356 g/mol. The molecule has 0 saturated heterocycles. The van der Waals surface area contributed by atoms with Crippen LogP contribution in [0.5, 0.6) is 5.75 Å². The van der Waals surface area contributed by atoms with Crippen LogP contribution in [0.15, 0.2) is 47.3 Å². The first-order valence-corrected chi connectivity index (χ1v) is 8.18. The molecule has 8 heteroatoms. The van der Waals surface area contributed by atoms with Crippen molar-refractivity contribution in [2.24, 2.45) is 0 Å². The Kier molecular flexibility index (Phi) is 5.38. The second-order valence-corrected chi connectivity index (χ2v) is 5.88. The molecule has 1 aromatic carbocycles. The maximum atomic E-state index is 12.3. The number of anilines is 2. The van der Waals surface area contributed by atoms with Crippen LogP contribution in [0.25, 0.3) is 0 Å².